The van der Waals surface area contributed by atoms with Crippen LogP contribution >= 0.6 is 0 Å². The predicted octanol–water partition coefficient (Wildman–Crippen LogP) is 2.03. The lowest BCUT2D eigenvalue weighted by molar-refractivity contribution is -0.154. The number of carboxylic acids is 2. The molecular formula is C17H17NO5. The molecule has 6 nitrogen and oxygen atoms in total. The average molecular weight is 315 g/mol. The Hall–Kier alpha value is -2.89. The molecule has 0 aliphatic rings. The maximum atomic E-state index is 10.9. The Morgan fingerprint density at radius 3 is 2.30 bits per heavy atom. The van der Waals surface area contributed by atoms with Crippen molar-refractivity contribution in [2.24, 2.45) is 5.92 Å². The summed E-state index contributed by atoms with van der Waals surface area (Å²) in [5.74, 6) is -3.47. The molecule has 2 aromatic rings. The fourth-order valence-electron chi connectivity index (χ4n) is 2.06. The van der Waals surface area contributed by atoms with Crippen molar-refractivity contribution < 1.29 is 24.5 Å². The van der Waals surface area contributed by atoms with Gasteiger partial charge >= 0.3 is 11.9 Å². The SMILES string of the molecule is O=C(O)C(Cc1ccc(OCCc2ccccn2)cc1)C(=O)O. The highest BCUT2D eigenvalue weighted by molar-refractivity contribution is 5.93. The van der Waals surface area contributed by atoms with Gasteiger partial charge in [0.1, 0.15) is 5.75 Å². The number of ether oxygens (including phenoxy) is 1. The van der Waals surface area contributed by atoms with Crippen LogP contribution in [0, 0.1) is 5.92 Å². The van der Waals surface area contributed by atoms with E-state index in [-0.39, 0.29) is 6.42 Å². The Morgan fingerprint density at radius 1 is 1.04 bits per heavy atom. The number of carbonyl (C=O) groups is 2. The van der Waals surface area contributed by atoms with Gasteiger partial charge in [-0.3, -0.25) is 14.6 Å². The first kappa shape index (κ1) is 16.5. The van der Waals surface area contributed by atoms with Crippen LogP contribution in [0.15, 0.2) is 48.7 Å². The van der Waals surface area contributed by atoms with Crippen molar-refractivity contribution in [3.63, 3.8) is 0 Å². The normalized spacial score (nSPS) is 10.5. The van der Waals surface area contributed by atoms with E-state index in [4.69, 9.17) is 14.9 Å². The van der Waals surface area contributed by atoms with Gasteiger partial charge in [-0.25, -0.2) is 0 Å². The summed E-state index contributed by atoms with van der Waals surface area (Å²) >= 11 is 0. The molecule has 23 heavy (non-hydrogen) atoms. The highest BCUT2D eigenvalue weighted by Gasteiger charge is 2.25. The van der Waals surface area contributed by atoms with Crippen LogP contribution in [0.1, 0.15) is 11.3 Å². The molecule has 1 heterocycles. The smallest absolute Gasteiger partial charge is 0.318 e. The lowest BCUT2D eigenvalue weighted by atomic mass is 10.00. The van der Waals surface area contributed by atoms with Crippen LogP contribution in [0.2, 0.25) is 0 Å². The van der Waals surface area contributed by atoms with Crippen LogP contribution in [-0.2, 0) is 22.4 Å². The number of benzene rings is 1. The number of hydrogen-bond acceptors (Lipinski definition) is 4. The molecule has 2 rings (SSSR count). The second-order valence-electron chi connectivity index (χ2n) is 5.00. The predicted molar refractivity (Wildman–Crippen MR) is 82.3 cm³/mol. The van der Waals surface area contributed by atoms with E-state index < -0.39 is 17.9 Å². The van der Waals surface area contributed by atoms with E-state index in [9.17, 15) is 9.59 Å². The van der Waals surface area contributed by atoms with Gasteiger partial charge in [-0.15, -0.1) is 0 Å². The summed E-state index contributed by atoms with van der Waals surface area (Å²) in [7, 11) is 0. The fourth-order valence-corrected chi connectivity index (χ4v) is 2.06. The van der Waals surface area contributed by atoms with Crippen LogP contribution in [0.4, 0.5) is 0 Å². The summed E-state index contributed by atoms with van der Waals surface area (Å²) in [6.45, 7) is 0.475. The second-order valence-corrected chi connectivity index (χ2v) is 5.00. The van der Waals surface area contributed by atoms with Gasteiger partial charge in [0.05, 0.1) is 6.61 Å². The summed E-state index contributed by atoms with van der Waals surface area (Å²) in [4.78, 5) is 26.0. The van der Waals surface area contributed by atoms with Crippen LogP contribution < -0.4 is 4.74 Å². The Kier molecular flexibility index (Phi) is 5.68. The van der Waals surface area contributed by atoms with Crippen molar-refractivity contribution in [2.75, 3.05) is 6.61 Å². The molecule has 1 aromatic heterocycles. The molecule has 0 aliphatic carbocycles. The third kappa shape index (κ3) is 5.10. The Balaban J connectivity index is 1.87. The molecule has 0 unspecified atom stereocenters. The minimum Gasteiger partial charge on any atom is -0.493 e. The summed E-state index contributed by atoms with van der Waals surface area (Å²) < 4.78 is 5.59. The zero-order valence-corrected chi connectivity index (χ0v) is 12.4. The zero-order valence-electron chi connectivity index (χ0n) is 12.4. The zero-order chi connectivity index (χ0) is 16.7. The maximum Gasteiger partial charge on any atom is 0.318 e. The van der Waals surface area contributed by atoms with E-state index in [1.165, 1.54) is 0 Å². The highest BCUT2D eigenvalue weighted by Crippen LogP contribution is 2.16. The molecule has 0 radical (unpaired) electrons. The molecule has 1 aromatic carbocycles. The van der Waals surface area contributed by atoms with E-state index in [1.54, 1.807) is 30.5 Å². The van der Waals surface area contributed by atoms with Crippen molar-refractivity contribution in [2.45, 2.75) is 12.8 Å². The first-order chi connectivity index (χ1) is 11.1. The topological polar surface area (TPSA) is 96.7 Å². The van der Waals surface area contributed by atoms with E-state index in [0.717, 1.165) is 5.69 Å². The molecule has 0 aliphatic heterocycles. The number of aliphatic carboxylic acids is 2. The summed E-state index contributed by atoms with van der Waals surface area (Å²) in [6.07, 6.45) is 2.35. The molecule has 0 saturated heterocycles. The molecule has 0 amide bonds. The van der Waals surface area contributed by atoms with Crippen LogP contribution in [0.3, 0.4) is 0 Å². The number of hydrogen-bond donors (Lipinski definition) is 2. The largest absolute Gasteiger partial charge is 0.493 e. The number of nitrogens with zero attached hydrogens (tertiary/aromatic N) is 1. The molecule has 2 N–H and O–H groups in total. The second kappa shape index (κ2) is 7.93. The van der Waals surface area contributed by atoms with Gasteiger partial charge in [0, 0.05) is 18.3 Å². The standard InChI is InChI=1S/C17H17NO5/c19-16(20)15(17(21)22)11-12-4-6-14(7-5-12)23-10-8-13-3-1-2-9-18-13/h1-7,9,15H,8,10-11H2,(H,19,20)(H,21,22). The van der Waals surface area contributed by atoms with Crippen LogP contribution in [0.25, 0.3) is 0 Å². The fraction of sp³-hybridized carbons (Fsp3) is 0.235. The number of carboxylic acid groups (broad SMARTS) is 2. The summed E-state index contributed by atoms with van der Waals surface area (Å²) in [5.41, 5.74) is 1.58. The Morgan fingerprint density at radius 2 is 1.74 bits per heavy atom. The summed E-state index contributed by atoms with van der Waals surface area (Å²) in [6, 6.07) is 12.4. The van der Waals surface area contributed by atoms with Crippen LogP contribution in [-0.4, -0.2) is 33.7 Å². The third-order valence-corrected chi connectivity index (χ3v) is 3.31. The molecule has 0 saturated carbocycles. The minimum atomic E-state index is -1.44. The maximum absolute atomic E-state index is 10.9. The number of pyridine rings is 1. The van der Waals surface area contributed by atoms with Gasteiger partial charge in [0.15, 0.2) is 5.92 Å². The van der Waals surface area contributed by atoms with Crippen molar-refractivity contribution in [1.82, 2.24) is 4.98 Å². The van der Waals surface area contributed by atoms with Gasteiger partial charge in [-0.2, -0.15) is 0 Å². The van der Waals surface area contributed by atoms with Gasteiger partial charge in [0.25, 0.3) is 0 Å². The van der Waals surface area contributed by atoms with Crippen molar-refractivity contribution in [3.8, 4) is 5.75 Å². The molecule has 0 fully saturated rings. The van der Waals surface area contributed by atoms with Gasteiger partial charge < -0.3 is 14.9 Å². The lowest BCUT2D eigenvalue weighted by Crippen LogP contribution is -2.25. The molecular weight excluding hydrogens is 298 g/mol. The lowest BCUT2D eigenvalue weighted by Gasteiger charge is -2.09. The molecule has 0 atom stereocenters. The van der Waals surface area contributed by atoms with E-state index in [0.29, 0.717) is 24.3 Å². The molecule has 120 valence electrons. The first-order valence-corrected chi connectivity index (χ1v) is 7.13. The van der Waals surface area contributed by atoms with Gasteiger partial charge in [0.2, 0.25) is 0 Å². The Labute approximate surface area is 133 Å². The number of rotatable bonds is 8. The third-order valence-electron chi connectivity index (χ3n) is 3.31. The van der Waals surface area contributed by atoms with Crippen molar-refractivity contribution in [3.05, 3.63) is 59.9 Å². The average Bonchev–Trinajstić information content (AvgIpc) is 2.54. The minimum absolute atomic E-state index is 0.0567. The van der Waals surface area contributed by atoms with Crippen LogP contribution in [0.5, 0.6) is 5.75 Å². The van der Waals surface area contributed by atoms with Crippen molar-refractivity contribution >= 4 is 11.9 Å². The van der Waals surface area contributed by atoms with E-state index in [1.807, 2.05) is 18.2 Å². The molecule has 0 spiro atoms. The highest BCUT2D eigenvalue weighted by atomic mass is 16.5. The first-order valence-electron chi connectivity index (χ1n) is 7.13. The van der Waals surface area contributed by atoms with Gasteiger partial charge in [-0.05, 0) is 36.2 Å². The number of aromatic nitrogens is 1. The summed E-state index contributed by atoms with van der Waals surface area (Å²) in [5, 5.41) is 17.7. The molecule has 6 heteroatoms. The van der Waals surface area contributed by atoms with Crippen molar-refractivity contribution in [1.29, 1.82) is 0 Å². The monoisotopic (exact) mass is 315 g/mol. The quantitative estimate of drug-likeness (QED) is 0.724. The van der Waals surface area contributed by atoms with Gasteiger partial charge in [-0.1, -0.05) is 18.2 Å². The molecule has 0 bridgehead atoms. The van der Waals surface area contributed by atoms with E-state index in [2.05, 4.69) is 4.98 Å². The van der Waals surface area contributed by atoms with E-state index >= 15 is 0 Å². The Bertz CT molecular complexity index is 640.